The molecule has 2 N–H and O–H groups in total. The minimum absolute atomic E-state index is 0.237. The van der Waals surface area contributed by atoms with Gasteiger partial charge in [0, 0.05) is 54.1 Å². The molecule has 0 fully saturated rings. The molecule has 0 amide bonds. The van der Waals surface area contributed by atoms with Crippen LogP contribution in [0.3, 0.4) is 0 Å². The number of nitrogens with one attached hydrogen (secondary N) is 2. The Morgan fingerprint density at radius 1 is 0.897 bits per heavy atom. The first-order valence-electron chi connectivity index (χ1n) is 9.44. The Morgan fingerprint density at radius 2 is 1.79 bits per heavy atom. The summed E-state index contributed by atoms with van der Waals surface area (Å²) in [5.74, 6) is -0.237. The van der Waals surface area contributed by atoms with Crippen molar-refractivity contribution >= 4 is 22.7 Å². The molecule has 4 aromatic rings. The molecule has 2 aromatic heterocycles. The van der Waals surface area contributed by atoms with Gasteiger partial charge in [-0.05, 0) is 65.4 Å². The van der Waals surface area contributed by atoms with Gasteiger partial charge in [0.05, 0.1) is 5.69 Å². The Kier molecular flexibility index (Phi) is 6.46. The van der Waals surface area contributed by atoms with Crippen molar-refractivity contribution in [3.05, 3.63) is 90.6 Å². The van der Waals surface area contributed by atoms with Crippen LogP contribution in [0.5, 0.6) is 0 Å². The lowest BCUT2D eigenvalue weighted by atomic mass is 10.1. The molecule has 0 unspecified atom stereocenters. The van der Waals surface area contributed by atoms with E-state index in [4.69, 9.17) is 0 Å². The van der Waals surface area contributed by atoms with Crippen LogP contribution in [0.25, 0.3) is 22.0 Å². The van der Waals surface area contributed by atoms with Crippen LogP contribution in [0.15, 0.2) is 84.1 Å². The van der Waals surface area contributed by atoms with Crippen molar-refractivity contribution in [1.82, 2.24) is 20.0 Å². The fourth-order valence-corrected chi connectivity index (χ4v) is 3.81. The van der Waals surface area contributed by atoms with Gasteiger partial charge in [0.25, 0.3) is 0 Å². The summed E-state index contributed by atoms with van der Waals surface area (Å²) < 4.78 is 16.4. The minimum Gasteiger partial charge on any atom is -0.311 e. The fraction of sp³-hybridized carbons (Fsp3) is 0.130. The molecule has 4 rings (SSSR count). The second-order valence-corrected chi connectivity index (χ2v) is 7.52. The molecule has 146 valence electrons. The van der Waals surface area contributed by atoms with Crippen LogP contribution in [0, 0.1) is 5.82 Å². The highest BCUT2D eigenvalue weighted by atomic mass is 32.2. The number of hydrogen-bond donors (Lipinski definition) is 2. The van der Waals surface area contributed by atoms with E-state index >= 15 is 0 Å². The van der Waals surface area contributed by atoms with Crippen LogP contribution in [0.1, 0.15) is 5.56 Å². The summed E-state index contributed by atoms with van der Waals surface area (Å²) in [6, 6.07) is 18.7. The summed E-state index contributed by atoms with van der Waals surface area (Å²) >= 11 is 1.64. The van der Waals surface area contributed by atoms with Crippen molar-refractivity contribution in [2.24, 2.45) is 0 Å². The van der Waals surface area contributed by atoms with Crippen LogP contribution in [0.4, 0.5) is 4.39 Å². The molecule has 0 bridgehead atoms. The number of aromatic nitrogens is 2. The smallest absolute Gasteiger partial charge is 0.123 e. The lowest BCUT2D eigenvalue weighted by Gasteiger charge is -2.08. The maximum Gasteiger partial charge on any atom is 0.123 e. The van der Waals surface area contributed by atoms with E-state index in [0.717, 1.165) is 41.8 Å². The highest BCUT2D eigenvalue weighted by molar-refractivity contribution is 7.97. The van der Waals surface area contributed by atoms with Crippen molar-refractivity contribution in [2.75, 3.05) is 13.1 Å². The van der Waals surface area contributed by atoms with Gasteiger partial charge in [0.15, 0.2) is 0 Å². The largest absolute Gasteiger partial charge is 0.311 e. The second kappa shape index (κ2) is 9.60. The zero-order chi connectivity index (χ0) is 19.9. The molecule has 0 saturated carbocycles. The van der Waals surface area contributed by atoms with Crippen molar-refractivity contribution in [3.63, 3.8) is 0 Å². The summed E-state index contributed by atoms with van der Waals surface area (Å²) in [7, 11) is 0. The van der Waals surface area contributed by atoms with E-state index < -0.39 is 0 Å². The molecular weight excluding hydrogens is 383 g/mol. The highest BCUT2D eigenvalue weighted by Crippen LogP contribution is 2.25. The third-order valence-corrected chi connectivity index (χ3v) is 5.44. The van der Waals surface area contributed by atoms with Gasteiger partial charge in [-0.1, -0.05) is 18.2 Å². The average molecular weight is 405 g/mol. The van der Waals surface area contributed by atoms with E-state index in [1.807, 2.05) is 36.8 Å². The zero-order valence-corrected chi connectivity index (χ0v) is 16.6. The molecular formula is C23H21FN4S. The van der Waals surface area contributed by atoms with Crippen molar-refractivity contribution < 1.29 is 4.39 Å². The van der Waals surface area contributed by atoms with Gasteiger partial charge in [0.2, 0.25) is 0 Å². The first-order valence-corrected chi connectivity index (χ1v) is 10.3. The molecule has 2 aromatic carbocycles. The lowest BCUT2D eigenvalue weighted by molar-refractivity contribution is 0.628. The van der Waals surface area contributed by atoms with Crippen molar-refractivity contribution in [3.8, 4) is 11.3 Å². The summed E-state index contributed by atoms with van der Waals surface area (Å²) in [4.78, 5) is 9.84. The molecule has 0 atom stereocenters. The molecule has 29 heavy (non-hydrogen) atoms. The minimum atomic E-state index is -0.237. The van der Waals surface area contributed by atoms with Crippen molar-refractivity contribution in [1.29, 1.82) is 0 Å². The Bertz CT molecular complexity index is 1060. The van der Waals surface area contributed by atoms with E-state index in [-0.39, 0.29) is 5.82 Å². The number of halogens is 1. The molecule has 6 heteroatoms. The van der Waals surface area contributed by atoms with E-state index in [1.165, 1.54) is 22.4 Å². The molecule has 4 nitrogen and oxygen atoms in total. The fourth-order valence-electron chi connectivity index (χ4n) is 3.00. The van der Waals surface area contributed by atoms with Crippen molar-refractivity contribution in [2.45, 2.75) is 11.4 Å². The molecule has 0 aliphatic carbocycles. The van der Waals surface area contributed by atoms with E-state index in [2.05, 4.69) is 38.2 Å². The Balaban J connectivity index is 1.21. The van der Waals surface area contributed by atoms with Gasteiger partial charge in [-0.25, -0.2) is 4.39 Å². The molecule has 2 heterocycles. The van der Waals surface area contributed by atoms with E-state index in [1.54, 1.807) is 24.1 Å². The van der Waals surface area contributed by atoms with Gasteiger partial charge in [0.1, 0.15) is 5.82 Å². The Hall–Kier alpha value is -2.80. The molecule has 0 saturated heterocycles. The Morgan fingerprint density at radius 3 is 2.62 bits per heavy atom. The third kappa shape index (κ3) is 5.17. The highest BCUT2D eigenvalue weighted by Gasteiger charge is 2.02. The van der Waals surface area contributed by atoms with E-state index in [9.17, 15) is 4.39 Å². The summed E-state index contributed by atoms with van der Waals surface area (Å²) in [5, 5.41) is 5.77. The van der Waals surface area contributed by atoms with Gasteiger partial charge in [-0.15, -0.1) is 0 Å². The van der Waals surface area contributed by atoms with Crippen LogP contribution in [0.2, 0.25) is 0 Å². The van der Waals surface area contributed by atoms with Crippen LogP contribution in [-0.2, 0) is 6.54 Å². The number of fused-ring (bicyclic) bond motifs is 1. The summed E-state index contributed by atoms with van der Waals surface area (Å²) in [6.07, 6.45) is 5.57. The predicted octanol–water partition coefficient (Wildman–Crippen LogP) is 4.82. The normalized spacial score (nSPS) is 11.1. The SMILES string of the molecule is Fc1ccc(-c2ccc(CNCCNSc3cccc4cnccc34)cn2)cc1. The molecule has 0 aliphatic rings. The van der Waals surface area contributed by atoms with Crippen LogP contribution < -0.4 is 10.0 Å². The van der Waals surface area contributed by atoms with Crippen LogP contribution in [-0.4, -0.2) is 23.1 Å². The third-order valence-electron chi connectivity index (χ3n) is 4.52. The summed E-state index contributed by atoms with van der Waals surface area (Å²) in [6.45, 7) is 2.44. The maximum absolute atomic E-state index is 13.0. The van der Waals surface area contributed by atoms with Gasteiger partial charge < -0.3 is 5.32 Å². The number of nitrogens with zero attached hydrogens (tertiary/aromatic N) is 2. The topological polar surface area (TPSA) is 49.8 Å². The maximum atomic E-state index is 13.0. The number of rotatable bonds is 8. The van der Waals surface area contributed by atoms with Gasteiger partial charge in [-0.2, -0.15) is 0 Å². The zero-order valence-electron chi connectivity index (χ0n) is 15.8. The first kappa shape index (κ1) is 19.5. The Labute approximate surface area is 173 Å². The molecule has 0 spiro atoms. The number of pyridine rings is 2. The van der Waals surface area contributed by atoms with Crippen LogP contribution >= 0.6 is 11.9 Å². The number of hydrogen-bond acceptors (Lipinski definition) is 5. The molecule has 0 radical (unpaired) electrons. The summed E-state index contributed by atoms with van der Waals surface area (Å²) in [5.41, 5.74) is 2.87. The van der Waals surface area contributed by atoms with Gasteiger partial charge in [-0.3, -0.25) is 14.7 Å². The van der Waals surface area contributed by atoms with E-state index in [0.29, 0.717) is 0 Å². The predicted molar refractivity (Wildman–Crippen MR) is 117 cm³/mol. The average Bonchev–Trinajstić information content (AvgIpc) is 2.77. The second-order valence-electron chi connectivity index (χ2n) is 6.58. The quantitative estimate of drug-likeness (QED) is 0.326. The van der Waals surface area contributed by atoms with Gasteiger partial charge >= 0.3 is 0 Å². The number of benzene rings is 2. The molecule has 0 aliphatic heterocycles. The lowest BCUT2D eigenvalue weighted by Crippen LogP contribution is -2.23. The first-order chi connectivity index (χ1) is 14.3. The monoisotopic (exact) mass is 404 g/mol. The standard InChI is InChI=1S/C23H21FN4S/c24-20-7-5-18(6-8-20)22-9-4-17(15-27-22)14-26-12-13-28-29-23-3-1-2-19-16-25-11-10-21(19)23/h1-11,15-16,26,28H,12-14H2.